The zero-order chi connectivity index (χ0) is 21.5. The summed E-state index contributed by atoms with van der Waals surface area (Å²) >= 11 is 0. The van der Waals surface area contributed by atoms with E-state index in [1.807, 2.05) is 30.3 Å². The predicted molar refractivity (Wildman–Crippen MR) is 111 cm³/mol. The van der Waals surface area contributed by atoms with E-state index in [-0.39, 0.29) is 29.6 Å². The third-order valence-electron chi connectivity index (χ3n) is 5.15. The summed E-state index contributed by atoms with van der Waals surface area (Å²) in [5, 5.41) is 5.80. The van der Waals surface area contributed by atoms with Crippen LogP contribution in [0.3, 0.4) is 0 Å². The van der Waals surface area contributed by atoms with Crippen molar-refractivity contribution in [2.45, 2.75) is 59.1 Å². The molecule has 7 nitrogen and oxygen atoms in total. The Hall–Kier alpha value is -2.44. The summed E-state index contributed by atoms with van der Waals surface area (Å²) < 4.78 is 15.8. The van der Waals surface area contributed by atoms with Gasteiger partial charge < -0.3 is 24.8 Å². The van der Waals surface area contributed by atoms with Crippen molar-refractivity contribution in [3.63, 3.8) is 0 Å². The molecule has 3 atom stereocenters. The quantitative estimate of drug-likeness (QED) is 0.711. The van der Waals surface area contributed by atoms with Crippen LogP contribution < -0.4 is 15.4 Å². The zero-order valence-electron chi connectivity index (χ0n) is 18.1. The van der Waals surface area contributed by atoms with E-state index in [2.05, 4.69) is 31.4 Å². The maximum Gasteiger partial charge on any atom is 0.407 e. The largest absolute Gasteiger partial charge is 0.490 e. The molecule has 29 heavy (non-hydrogen) atoms. The van der Waals surface area contributed by atoms with Crippen molar-refractivity contribution in [3.8, 4) is 5.75 Å². The van der Waals surface area contributed by atoms with Crippen LogP contribution in [0.4, 0.5) is 9.59 Å². The summed E-state index contributed by atoms with van der Waals surface area (Å²) in [5.41, 5.74) is -0.114. The van der Waals surface area contributed by atoms with Gasteiger partial charge in [0.05, 0.1) is 7.11 Å². The SMILES string of the molecule is COC(=O)NC1CC(C)(C)CC(C)(CNC(=O)OC(C)COc2ccccc2)C1. The number of ether oxygens (including phenoxy) is 3. The van der Waals surface area contributed by atoms with Crippen molar-refractivity contribution in [1.82, 2.24) is 10.6 Å². The van der Waals surface area contributed by atoms with Gasteiger partial charge in [0, 0.05) is 12.6 Å². The van der Waals surface area contributed by atoms with Crippen molar-refractivity contribution < 1.29 is 23.8 Å². The molecule has 2 N–H and O–H groups in total. The molecule has 0 aromatic heterocycles. The second kappa shape index (κ2) is 9.85. The molecule has 0 radical (unpaired) electrons. The van der Waals surface area contributed by atoms with Crippen LogP contribution in [0.15, 0.2) is 30.3 Å². The molecule has 162 valence electrons. The number of nitrogens with one attached hydrogen (secondary N) is 2. The fourth-order valence-corrected chi connectivity index (χ4v) is 4.37. The number of rotatable bonds is 7. The Morgan fingerprint density at radius 2 is 1.83 bits per heavy atom. The molecule has 1 aliphatic carbocycles. The van der Waals surface area contributed by atoms with Gasteiger partial charge in [0.2, 0.25) is 0 Å². The van der Waals surface area contributed by atoms with Gasteiger partial charge in [-0.1, -0.05) is 39.0 Å². The van der Waals surface area contributed by atoms with E-state index in [0.29, 0.717) is 6.54 Å². The molecule has 0 saturated heterocycles. The Bertz CT molecular complexity index is 679. The molecule has 0 spiro atoms. The van der Waals surface area contributed by atoms with Crippen molar-refractivity contribution in [2.24, 2.45) is 10.8 Å². The first kappa shape index (κ1) is 22.8. The number of amides is 2. The van der Waals surface area contributed by atoms with Crippen LogP contribution in [-0.2, 0) is 9.47 Å². The highest BCUT2D eigenvalue weighted by atomic mass is 16.6. The molecule has 3 unspecified atom stereocenters. The summed E-state index contributed by atoms with van der Waals surface area (Å²) in [6.45, 7) is 9.04. The predicted octanol–water partition coefficient (Wildman–Crippen LogP) is 4.12. The van der Waals surface area contributed by atoms with Gasteiger partial charge in [-0.3, -0.25) is 0 Å². The number of benzene rings is 1. The highest BCUT2D eigenvalue weighted by Crippen LogP contribution is 2.45. The van der Waals surface area contributed by atoms with Crippen LogP contribution in [-0.4, -0.2) is 44.6 Å². The highest BCUT2D eigenvalue weighted by Gasteiger charge is 2.42. The van der Waals surface area contributed by atoms with Gasteiger partial charge in [0.25, 0.3) is 0 Å². The van der Waals surface area contributed by atoms with Gasteiger partial charge >= 0.3 is 12.2 Å². The van der Waals surface area contributed by atoms with Gasteiger partial charge in [-0.25, -0.2) is 9.59 Å². The van der Waals surface area contributed by atoms with E-state index < -0.39 is 12.2 Å². The molecular formula is C22H34N2O5. The lowest BCUT2D eigenvalue weighted by atomic mass is 9.62. The fraction of sp³-hybridized carbons (Fsp3) is 0.636. The van der Waals surface area contributed by atoms with E-state index in [0.717, 1.165) is 25.0 Å². The minimum atomic E-state index is -0.462. The summed E-state index contributed by atoms with van der Waals surface area (Å²) in [5.74, 6) is 0.740. The molecule has 1 saturated carbocycles. The summed E-state index contributed by atoms with van der Waals surface area (Å²) in [6, 6.07) is 9.42. The van der Waals surface area contributed by atoms with E-state index in [9.17, 15) is 9.59 Å². The maximum absolute atomic E-state index is 12.2. The van der Waals surface area contributed by atoms with E-state index in [1.54, 1.807) is 6.92 Å². The number of carbonyl (C=O) groups is 2. The van der Waals surface area contributed by atoms with Gasteiger partial charge in [-0.05, 0) is 49.1 Å². The molecule has 1 aromatic rings. The Labute approximate surface area is 173 Å². The topological polar surface area (TPSA) is 85.9 Å². The zero-order valence-corrected chi connectivity index (χ0v) is 18.1. The lowest BCUT2D eigenvalue weighted by Crippen LogP contribution is -2.50. The smallest absolute Gasteiger partial charge is 0.407 e. The number of alkyl carbamates (subject to hydrolysis) is 2. The number of carbonyl (C=O) groups excluding carboxylic acids is 2. The Morgan fingerprint density at radius 1 is 1.14 bits per heavy atom. The van der Waals surface area contributed by atoms with Gasteiger partial charge in [-0.15, -0.1) is 0 Å². The van der Waals surface area contributed by atoms with E-state index >= 15 is 0 Å². The minimum Gasteiger partial charge on any atom is -0.490 e. The van der Waals surface area contributed by atoms with Crippen LogP contribution in [0.1, 0.15) is 47.0 Å². The lowest BCUT2D eigenvalue weighted by Gasteiger charge is -2.46. The highest BCUT2D eigenvalue weighted by molar-refractivity contribution is 5.68. The van der Waals surface area contributed by atoms with Crippen LogP contribution >= 0.6 is 0 Å². The van der Waals surface area contributed by atoms with Crippen LogP contribution in [0, 0.1) is 10.8 Å². The minimum absolute atomic E-state index is 0.00668. The van der Waals surface area contributed by atoms with Crippen LogP contribution in [0.25, 0.3) is 0 Å². The third kappa shape index (κ3) is 7.83. The monoisotopic (exact) mass is 406 g/mol. The number of para-hydroxylation sites is 1. The first-order valence-corrected chi connectivity index (χ1v) is 10.1. The van der Waals surface area contributed by atoms with Crippen molar-refractivity contribution >= 4 is 12.2 Å². The Morgan fingerprint density at radius 3 is 2.48 bits per heavy atom. The first-order chi connectivity index (χ1) is 13.6. The van der Waals surface area contributed by atoms with Gasteiger partial charge in [0.15, 0.2) is 0 Å². The second-order valence-corrected chi connectivity index (χ2v) is 9.09. The molecule has 2 amide bonds. The van der Waals surface area contributed by atoms with Crippen molar-refractivity contribution in [2.75, 3.05) is 20.3 Å². The standard InChI is InChI=1S/C22H34N2O5/c1-16(13-28-18-9-7-6-8-10-18)29-19(25)23-15-22(4)12-17(24-20(26)27-5)11-21(2,3)14-22/h6-10,16-17H,11-15H2,1-5H3,(H,23,25)(H,24,26). The Balaban J connectivity index is 1.81. The first-order valence-electron chi connectivity index (χ1n) is 10.1. The molecular weight excluding hydrogens is 372 g/mol. The van der Waals surface area contributed by atoms with E-state index in [4.69, 9.17) is 14.2 Å². The second-order valence-electron chi connectivity index (χ2n) is 9.09. The fourth-order valence-electron chi connectivity index (χ4n) is 4.37. The molecule has 0 aliphatic heterocycles. The normalized spacial score (nSPS) is 24.1. The van der Waals surface area contributed by atoms with Crippen molar-refractivity contribution in [3.05, 3.63) is 30.3 Å². The number of methoxy groups -OCH3 is 1. The third-order valence-corrected chi connectivity index (χ3v) is 5.15. The van der Waals surface area contributed by atoms with Crippen LogP contribution in [0.2, 0.25) is 0 Å². The Kier molecular flexibility index (Phi) is 7.76. The maximum atomic E-state index is 12.2. The number of hydrogen-bond acceptors (Lipinski definition) is 5. The number of hydrogen-bond donors (Lipinski definition) is 2. The summed E-state index contributed by atoms with van der Waals surface area (Å²) in [4.78, 5) is 23.9. The molecule has 1 aliphatic rings. The molecule has 2 rings (SSSR count). The average Bonchev–Trinajstić information content (AvgIpc) is 2.64. The van der Waals surface area contributed by atoms with Gasteiger partial charge in [0.1, 0.15) is 18.5 Å². The molecule has 0 bridgehead atoms. The van der Waals surface area contributed by atoms with E-state index in [1.165, 1.54) is 7.11 Å². The molecule has 0 heterocycles. The van der Waals surface area contributed by atoms with Gasteiger partial charge in [-0.2, -0.15) is 0 Å². The summed E-state index contributed by atoms with van der Waals surface area (Å²) in [7, 11) is 1.36. The average molecular weight is 407 g/mol. The molecule has 1 aromatic carbocycles. The lowest BCUT2D eigenvalue weighted by molar-refractivity contribution is 0.0530. The molecule has 7 heteroatoms. The molecule has 1 fully saturated rings. The van der Waals surface area contributed by atoms with Crippen molar-refractivity contribution in [1.29, 1.82) is 0 Å². The van der Waals surface area contributed by atoms with Crippen LogP contribution in [0.5, 0.6) is 5.75 Å². The summed E-state index contributed by atoms with van der Waals surface area (Å²) in [6.07, 6.45) is 1.31.